The highest BCUT2D eigenvalue weighted by molar-refractivity contribution is 6.30. The molecule has 3 atom stereocenters. The van der Waals surface area contributed by atoms with Crippen LogP contribution >= 0.6 is 11.6 Å². The highest BCUT2D eigenvalue weighted by Crippen LogP contribution is 2.48. The zero-order chi connectivity index (χ0) is 27.8. The fourth-order valence-electron chi connectivity index (χ4n) is 5.50. The number of fused-ring (bicyclic) bond motifs is 1. The highest BCUT2D eigenvalue weighted by atomic mass is 35.5. The van der Waals surface area contributed by atoms with E-state index >= 15 is 0 Å². The monoisotopic (exact) mass is 540 g/mol. The van der Waals surface area contributed by atoms with Crippen LogP contribution in [-0.4, -0.2) is 29.1 Å². The first-order valence-electron chi connectivity index (χ1n) is 12.7. The standard InChI is InChI=1S/C31H29ClN4O3/c1-3-20-11-13-21(14-12-20)31(22-7-6-8-23(32)15-22)25(17-35-36-31)28(37)19(2)30(16-26(33)29(38)39)18-34-27-10-5-4-9-24(27)30/h4-15,17-18,26,35-36H,2-3,16,33H2,1H3,(H,38,39)/t26-,30?,31?/m0/s1. The molecule has 5 rings (SSSR count). The van der Waals surface area contributed by atoms with Crippen molar-refractivity contribution >= 4 is 35.3 Å². The molecule has 2 aliphatic rings. The van der Waals surface area contributed by atoms with Crippen LogP contribution in [0.3, 0.4) is 0 Å². The number of carbonyl (C=O) groups excluding carboxylic acids is 1. The third-order valence-electron chi connectivity index (χ3n) is 7.66. The van der Waals surface area contributed by atoms with Crippen LogP contribution in [0.1, 0.15) is 35.6 Å². The Kier molecular flexibility index (Phi) is 6.99. The number of rotatable bonds is 9. The Balaban J connectivity index is 1.65. The van der Waals surface area contributed by atoms with E-state index in [9.17, 15) is 14.7 Å². The lowest BCUT2D eigenvalue weighted by Gasteiger charge is -2.36. The Morgan fingerprint density at radius 1 is 1.08 bits per heavy atom. The molecule has 2 aliphatic heterocycles. The zero-order valence-electron chi connectivity index (χ0n) is 21.4. The molecule has 0 aromatic heterocycles. The fourth-order valence-corrected chi connectivity index (χ4v) is 5.69. The van der Waals surface area contributed by atoms with Crippen LogP contribution in [0, 0.1) is 0 Å². The Morgan fingerprint density at radius 3 is 2.51 bits per heavy atom. The van der Waals surface area contributed by atoms with Gasteiger partial charge in [-0.3, -0.25) is 14.6 Å². The molecule has 0 saturated carbocycles. The minimum atomic E-state index is -1.24. The number of hydrogen-bond acceptors (Lipinski definition) is 6. The van der Waals surface area contributed by atoms with E-state index in [1.165, 1.54) is 0 Å². The van der Waals surface area contributed by atoms with Crippen molar-refractivity contribution in [3.63, 3.8) is 0 Å². The number of aliphatic imine (C=N–C) groups is 1. The smallest absolute Gasteiger partial charge is 0.320 e. The van der Waals surface area contributed by atoms with Crippen molar-refractivity contribution in [1.82, 2.24) is 10.9 Å². The maximum atomic E-state index is 14.5. The lowest BCUT2D eigenvalue weighted by molar-refractivity contribution is -0.138. The first-order valence-corrected chi connectivity index (χ1v) is 13.1. The zero-order valence-corrected chi connectivity index (χ0v) is 22.2. The Labute approximate surface area is 232 Å². The summed E-state index contributed by atoms with van der Waals surface area (Å²) in [6.45, 7) is 6.33. The molecule has 0 fully saturated rings. The van der Waals surface area contributed by atoms with E-state index in [1.807, 2.05) is 66.7 Å². The van der Waals surface area contributed by atoms with E-state index in [-0.39, 0.29) is 17.8 Å². The van der Waals surface area contributed by atoms with Gasteiger partial charge in [-0.25, -0.2) is 5.43 Å². The second kappa shape index (κ2) is 10.3. The number of carbonyl (C=O) groups is 2. The van der Waals surface area contributed by atoms with Gasteiger partial charge in [0.15, 0.2) is 5.78 Å². The molecule has 198 valence electrons. The maximum absolute atomic E-state index is 14.5. The number of nitrogens with one attached hydrogen (secondary N) is 2. The summed E-state index contributed by atoms with van der Waals surface area (Å²) in [4.78, 5) is 30.9. The average Bonchev–Trinajstić information content (AvgIpc) is 3.56. The van der Waals surface area contributed by atoms with Gasteiger partial charge < -0.3 is 16.3 Å². The normalized spacial score (nSPS) is 22.1. The molecule has 39 heavy (non-hydrogen) atoms. The van der Waals surface area contributed by atoms with Crippen LogP contribution in [0.4, 0.5) is 5.69 Å². The molecule has 0 aliphatic carbocycles. The molecule has 0 bridgehead atoms. The van der Waals surface area contributed by atoms with Crippen LogP contribution in [0.15, 0.2) is 102 Å². The van der Waals surface area contributed by atoms with Gasteiger partial charge in [0.05, 0.1) is 11.1 Å². The van der Waals surface area contributed by atoms with E-state index in [2.05, 4.69) is 29.3 Å². The van der Waals surface area contributed by atoms with Crippen LogP contribution in [0.2, 0.25) is 5.02 Å². The predicted molar refractivity (Wildman–Crippen MR) is 153 cm³/mol. The molecule has 2 heterocycles. The van der Waals surface area contributed by atoms with Gasteiger partial charge in [-0.1, -0.05) is 79.7 Å². The largest absolute Gasteiger partial charge is 0.480 e. The SMILES string of the molecule is C=C(C(=O)C1=CNNC1(c1ccc(CC)cc1)c1cccc(Cl)c1)C1(C[C@H](N)C(=O)O)C=Nc2ccccc21. The highest BCUT2D eigenvalue weighted by Gasteiger charge is 2.50. The maximum Gasteiger partial charge on any atom is 0.320 e. The minimum absolute atomic E-state index is 0.0725. The number of carboxylic acids is 1. The molecule has 8 heteroatoms. The third-order valence-corrected chi connectivity index (χ3v) is 7.89. The van der Waals surface area contributed by atoms with Gasteiger partial charge >= 0.3 is 5.97 Å². The number of nitrogens with two attached hydrogens (primary N) is 1. The Hall–Kier alpha value is -4.04. The second-order valence-electron chi connectivity index (χ2n) is 9.84. The lowest BCUT2D eigenvalue weighted by Crippen LogP contribution is -2.48. The van der Waals surface area contributed by atoms with Gasteiger partial charge in [-0.15, -0.1) is 0 Å². The molecule has 3 aromatic rings. The molecular formula is C31H29ClN4O3. The summed E-state index contributed by atoms with van der Waals surface area (Å²) in [5.41, 5.74) is 14.8. The van der Waals surface area contributed by atoms with Crippen LogP contribution in [-0.2, 0) is 27.0 Å². The average molecular weight is 541 g/mol. The summed E-state index contributed by atoms with van der Waals surface area (Å²) < 4.78 is 0. The number of carboxylic acid groups (broad SMARTS) is 1. The number of Topliss-reactive ketones (excluding diaryl/α,β-unsaturated/α-hetero) is 1. The van der Waals surface area contributed by atoms with E-state index in [0.717, 1.165) is 23.1 Å². The van der Waals surface area contributed by atoms with Crippen LogP contribution in [0.25, 0.3) is 0 Å². The molecule has 3 aromatic carbocycles. The lowest BCUT2D eigenvalue weighted by atomic mass is 9.67. The summed E-state index contributed by atoms with van der Waals surface area (Å²) in [7, 11) is 0. The van der Waals surface area contributed by atoms with Gasteiger partial charge in [-0.05, 0) is 53.3 Å². The second-order valence-corrected chi connectivity index (χ2v) is 10.3. The Morgan fingerprint density at radius 2 is 1.82 bits per heavy atom. The molecule has 0 spiro atoms. The van der Waals surface area contributed by atoms with Crippen molar-refractivity contribution in [3.05, 3.63) is 124 Å². The number of para-hydroxylation sites is 1. The van der Waals surface area contributed by atoms with E-state index < -0.39 is 23.0 Å². The van der Waals surface area contributed by atoms with Crippen molar-refractivity contribution in [3.8, 4) is 0 Å². The molecule has 0 amide bonds. The molecule has 5 N–H and O–H groups in total. The summed E-state index contributed by atoms with van der Waals surface area (Å²) in [6, 6.07) is 21.5. The number of allylic oxidation sites excluding steroid dienone is 1. The quantitative estimate of drug-likeness (QED) is 0.292. The van der Waals surface area contributed by atoms with Crippen molar-refractivity contribution < 1.29 is 14.7 Å². The first-order chi connectivity index (χ1) is 18.7. The van der Waals surface area contributed by atoms with Crippen molar-refractivity contribution in [2.75, 3.05) is 0 Å². The van der Waals surface area contributed by atoms with Crippen molar-refractivity contribution in [2.24, 2.45) is 10.7 Å². The number of ketones is 1. The van der Waals surface area contributed by atoms with Gasteiger partial charge in [0.1, 0.15) is 11.6 Å². The predicted octanol–water partition coefficient (Wildman–Crippen LogP) is 4.72. The van der Waals surface area contributed by atoms with Crippen molar-refractivity contribution in [1.29, 1.82) is 0 Å². The van der Waals surface area contributed by atoms with E-state index in [0.29, 0.717) is 21.8 Å². The number of aliphatic carboxylic acids is 1. The van der Waals surface area contributed by atoms with Crippen molar-refractivity contribution in [2.45, 2.75) is 36.8 Å². The molecule has 0 saturated heterocycles. The first kappa shape index (κ1) is 26.6. The van der Waals surface area contributed by atoms with Crippen LogP contribution in [0.5, 0.6) is 0 Å². The number of hydrogen-bond donors (Lipinski definition) is 4. The summed E-state index contributed by atoms with van der Waals surface area (Å²) in [5, 5.41) is 10.2. The van der Waals surface area contributed by atoms with Gasteiger partial charge in [0.25, 0.3) is 0 Å². The number of nitrogens with zero attached hydrogens (tertiary/aromatic N) is 1. The molecule has 2 unspecified atom stereocenters. The summed E-state index contributed by atoms with van der Waals surface area (Å²) >= 11 is 6.42. The molecule has 0 radical (unpaired) electrons. The number of hydrazine groups is 1. The van der Waals surface area contributed by atoms with E-state index in [1.54, 1.807) is 18.5 Å². The molecular weight excluding hydrogens is 512 g/mol. The van der Waals surface area contributed by atoms with Gasteiger partial charge in [0, 0.05) is 28.6 Å². The fraction of sp³-hybridized carbons (Fsp3) is 0.194. The summed E-state index contributed by atoms with van der Waals surface area (Å²) in [5.74, 6) is -1.52. The van der Waals surface area contributed by atoms with E-state index in [4.69, 9.17) is 17.3 Å². The Bertz CT molecular complexity index is 1530. The number of benzene rings is 3. The molecule has 7 nitrogen and oxygen atoms in total. The van der Waals surface area contributed by atoms with Crippen LogP contribution < -0.4 is 16.6 Å². The van der Waals surface area contributed by atoms with Gasteiger partial charge in [-0.2, -0.15) is 0 Å². The number of halogens is 1. The number of aryl methyl sites for hydroxylation is 1. The summed E-state index contributed by atoms with van der Waals surface area (Å²) in [6.07, 6.45) is 4.04. The minimum Gasteiger partial charge on any atom is -0.480 e. The van der Waals surface area contributed by atoms with Gasteiger partial charge in [0.2, 0.25) is 0 Å². The topological polar surface area (TPSA) is 117 Å². The third kappa shape index (κ3) is 4.38.